The summed E-state index contributed by atoms with van der Waals surface area (Å²) in [6.45, 7) is 0. The van der Waals surface area contributed by atoms with E-state index in [0.717, 1.165) is 18.2 Å². The monoisotopic (exact) mass is 250 g/mol. The molecule has 0 radical (unpaired) electrons. The molecule has 0 aromatic heterocycles. The molecular weight excluding hydrogens is 240 g/mol. The summed E-state index contributed by atoms with van der Waals surface area (Å²) in [4.78, 5) is 21.4. The molecule has 94 valence electrons. The van der Waals surface area contributed by atoms with Gasteiger partial charge in [-0.2, -0.15) is 0 Å². The van der Waals surface area contributed by atoms with Gasteiger partial charge >= 0.3 is 11.9 Å². The van der Waals surface area contributed by atoms with E-state index in [1.807, 2.05) is 0 Å². The first-order valence-electron chi connectivity index (χ1n) is 4.81. The Balaban J connectivity index is 2.63. The highest BCUT2D eigenvalue weighted by Crippen LogP contribution is 2.24. The highest BCUT2D eigenvalue weighted by Gasteiger charge is 2.05. The summed E-state index contributed by atoms with van der Waals surface area (Å²) in [5.41, 5.74) is 0. The second kappa shape index (κ2) is 6.09. The second-order valence-electron chi connectivity index (χ2n) is 3.10. The highest BCUT2D eigenvalue weighted by molar-refractivity contribution is 5.86. The Labute approximate surface area is 102 Å². The van der Waals surface area contributed by atoms with E-state index in [-0.39, 0.29) is 11.5 Å². The van der Waals surface area contributed by atoms with Crippen molar-refractivity contribution in [3.8, 4) is 11.5 Å². The van der Waals surface area contributed by atoms with Crippen LogP contribution in [0.25, 0.3) is 0 Å². The summed E-state index contributed by atoms with van der Waals surface area (Å²) >= 11 is 0. The fourth-order valence-corrected chi connectivity index (χ4v) is 0.975. The van der Waals surface area contributed by atoms with E-state index in [1.54, 1.807) is 12.1 Å². The summed E-state index contributed by atoms with van der Waals surface area (Å²) in [7, 11) is 0. The molecule has 6 heteroatoms. The van der Waals surface area contributed by atoms with Gasteiger partial charge in [-0.1, -0.05) is 18.2 Å². The average Bonchev–Trinajstić information content (AvgIpc) is 2.32. The van der Waals surface area contributed by atoms with Gasteiger partial charge in [0, 0.05) is 6.08 Å². The minimum atomic E-state index is -1.51. The average molecular weight is 250 g/mol. The maximum Gasteiger partial charge on any atom is 0.370 e. The van der Waals surface area contributed by atoms with E-state index in [1.165, 1.54) is 12.1 Å². The molecule has 0 amide bonds. The number of para-hydroxylation sites is 2. The Bertz CT molecular complexity index is 515. The predicted molar refractivity (Wildman–Crippen MR) is 61.2 cm³/mol. The third kappa shape index (κ3) is 4.01. The van der Waals surface area contributed by atoms with Crippen molar-refractivity contribution in [2.75, 3.05) is 0 Å². The van der Waals surface area contributed by atoms with Gasteiger partial charge in [0.1, 0.15) is 0 Å². The number of ether oxygens (including phenoxy) is 1. The zero-order valence-electron chi connectivity index (χ0n) is 9.11. The quantitative estimate of drug-likeness (QED) is 0.245. The van der Waals surface area contributed by atoms with Crippen LogP contribution >= 0.6 is 0 Å². The first kappa shape index (κ1) is 13.3. The molecule has 0 atom stereocenters. The van der Waals surface area contributed by atoms with Gasteiger partial charge in [-0.05, 0) is 18.2 Å². The van der Waals surface area contributed by atoms with Crippen LogP contribution in [0, 0.1) is 0 Å². The number of carbonyl (C=O) groups is 2. The van der Waals surface area contributed by atoms with Gasteiger partial charge in [-0.15, -0.1) is 0 Å². The number of aliphatic hydroxyl groups excluding tert-OH is 1. The van der Waals surface area contributed by atoms with Crippen molar-refractivity contribution < 1.29 is 29.6 Å². The van der Waals surface area contributed by atoms with E-state index in [2.05, 4.69) is 0 Å². The molecule has 1 rings (SSSR count). The molecule has 1 aromatic rings. The fourth-order valence-electron chi connectivity index (χ4n) is 0.975. The molecule has 0 heterocycles. The van der Waals surface area contributed by atoms with E-state index in [0.29, 0.717) is 0 Å². The first-order chi connectivity index (χ1) is 8.50. The van der Waals surface area contributed by atoms with Gasteiger partial charge in [0.25, 0.3) is 0 Å². The summed E-state index contributed by atoms with van der Waals surface area (Å²) in [6, 6.07) is 5.88. The van der Waals surface area contributed by atoms with E-state index >= 15 is 0 Å². The number of aliphatic hydroxyl groups is 1. The zero-order valence-corrected chi connectivity index (χ0v) is 9.11. The number of hydrogen-bond acceptors (Lipinski definition) is 5. The van der Waals surface area contributed by atoms with Crippen molar-refractivity contribution in [2.24, 2.45) is 0 Å². The maximum absolute atomic E-state index is 11.2. The third-order valence-electron chi connectivity index (χ3n) is 1.78. The summed E-state index contributed by atoms with van der Waals surface area (Å²) in [5, 5.41) is 26.4. The lowest BCUT2D eigenvalue weighted by Gasteiger charge is -2.02. The van der Waals surface area contributed by atoms with E-state index < -0.39 is 17.7 Å². The number of carbonyl (C=O) groups excluding carboxylic acids is 1. The van der Waals surface area contributed by atoms with Crippen molar-refractivity contribution in [1.29, 1.82) is 0 Å². The van der Waals surface area contributed by atoms with Crippen LogP contribution in [0.1, 0.15) is 0 Å². The summed E-state index contributed by atoms with van der Waals surface area (Å²) < 4.78 is 4.75. The summed E-state index contributed by atoms with van der Waals surface area (Å²) in [6.07, 6.45) is 2.76. The van der Waals surface area contributed by atoms with Gasteiger partial charge in [0.05, 0.1) is 0 Å². The zero-order chi connectivity index (χ0) is 13.5. The molecule has 0 saturated heterocycles. The normalized spacial score (nSPS) is 11.4. The van der Waals surface area contributed by atoms with Crippen LogP contribution in [0.2, 0.25) is 0 Å². The number of carboxylic acid groups (broad SMARTS) is 1. The molecule has 0 bridgehead atoms. The Hall–Kier alpha value is -2.76. The van der Waals surface area contributed by atoms with Crippen molar-refractivity contribution in [3.05, 3.63) is 48.3 Å². The number of phenols is 1. The number of phenolic OH excluding ortho intramolecular Hbond substituents is 1. The molecule has 1 aromatic carbocycles. The van der Waals surface area contributed by atoms with Gasteiger partial charge in [-0.25, -0.2) is 9.59 Å². The predicted octanol–water partition coefficient (Wildman–Crippen LogP) is 1.38. The third-order valence-corrected chi connectivity index (χ3v) is 1.78. The number of esters is 1. The van der Waals surface area contributed by atoms with Crippen molar-refractivity contribution >= 4 is 11.9 Å². The van der Waals surface area contributed by atoms with Crippen LogP contribution in [-0.2, 0) is 9.59 Å². The smallest absolute Gasteiger partial charge is 0.370 e. The number of allylic oxidation sites excluding steroid dienone is 2. The minimum Gasteiger partial charge on any atom is -0.504 e. The number of hydrogen-bond donors (Lipinski definition) is 3. The van der Waals surface area contributed by atoms with Crippen molar-refractivity contribution in [2.45, 2.75) is 0 Å². The number of rotatable bonds is 4. The molecule has 0 aliphatic rings. The van der Waals surface area contributed by atoms with Crippen LogP contribution in [0.4, 0.5) is 0 Å². The fraction of sp³-hybridized carbons (Fsp3) is 0. The molecule has 6 nitrogen and oxygen atoms in total. The van der Waals surface area contributed by atoms with Crippen molar-refractivity contribution in [3.63, 3.8) is 0 Å². The van der Waals surface area contributed by atoms with Crippen LogP contribution in [-0.4, -0.2) is 27.3 Å². The standard InChI is InChI=1S/C12H10O6/c13-8-4-1-2-6-10(8)18-11(15)7-3-5-9(14)12(16)17/h1-7,13-14H,(H,16,17). The van der Waals surface area contributed by atoms with Crippen LogP contribution in [0.5, 0.6) is 11.5 Å². The van der Waals surface area contributed by atoms with Gasteiger partial charge in [0.2, 0.25) is 5.76 Å². The number of aromatic hydroxyl groups is 1. The Kier molecular flexibility index (Phi) is 4.50. The highest BCUT2D eigenvalue weighted by atomic mass is 16.5. The number of aliphatic carboxylic acids is 1. The molecule has 0 unspecified atom stereocenters. The Morgan fingerprint density at radius 1 is 1.17 bits per heavy atom. The first-order valence-corrected chi connectivity index (χ1v) is 4.81. The Morgan fingerprint density at radius 2 is 1.83 bits per heavy atom. The largest absolute Gasteiger partial charge is 0.504 e. The lowest BCUT2D eigenvalue weighted by atomic mass is 10.3. The molecule has 0 fully saturated rings. The molecular formula is C12H10O6. The molecule has 0 spiro atoms. The second-order valence-corrected chi connectivity index (χ2v) is 3.10. The maximum atomic E-state index is 11.2. The van der Waals surface area contributed by atoms with Crippen LogP contribution in [0.3, 0.4) is 0 Å². The molecule has 18 heavy (non-hydrogen) atoms. The lowest BCUT2D eigenvalue weighted by molar-refractivity contribution is -0.135. The molecule has 0 aliphatic carbocycles. The number of carboxylic acids is 1. The lowest BCUT2D eigenvalue weighted by Crippen LogP contribution is -2.04. The van der Waals surface area contributed by atoms with Crippen LogP contribution in [0.15, 0.2) is 48.3 Å². The van der Waals surface area contributed by atoms with E-state index in [9.17, 15) is 14.7 Å². The van der Waals surface area contributed by atoms with Gasteiger partial charge in [-0.3, -0.25) is 0 Å². The molecule has 3 N–H and O–H groups in total. The summed E-state index contributed by atoms with van der Waals surface area (Å²) in [5.74, 6) is -3.43. The van der Waals surface area contributed by atoms with E-state index in [4.69, 9.17) is 14.9 Å². The molecule has 0 aliphatic heterocycles. The van der Waals surface area contributed by atoms with Gasteiger partial charge in [0.15, 0.2) is 11.5 Å². The van der Waals surface area contributed by atoms with Crippen molar-refractivity contribution in [1.82, 2.24) is 0 Å². The van der Waals surface area contributed by atoms with Gasteiger partial charge < -0.3 is 20.1 Å². The van der Waals surface area contributed by atoms with Crippen LogP contribution < -0.4 is 4.74 Å². The number of benzene rings is 1. The topological polar surface area (TPSA) is 104 Å². The molecule has 0 saturated carbocycles. The Morgan fingerprint density at radius 3 is 2.44 bits per heavy atom. The SMILES string of the molecule is O=C(C=CC=C(O)C(=O)O)Oc1ccccc1O. The minimum absolute atomic E-state index is 0.0152.